The lowest BCUT2D eigenvalue weighted by Crippen LogP contribution is -2.45. The molecule has 0 aromatic carbocycles. The van der Waals surface area contributed by atoms with Crippen molar-refractivity contribution in [1.29, 1.82) is 0 Å². The van der Waals surface area contributed by atoms with Crippen LogP contribution in [0.5, 0.6) is 0 Å². The third-order valence-corrected chi connectivity index (χ3v) is 4.43. The van der Waals surface area contributed by atoms with Crippen molar-refractivity contribution < 1.29 is 9.47 Å². The molecule has 6 heteroatoms. The van der Waals surface area contributed by atoms with Crippen LogP contribution >= 0.6 is 11.3 Å². The van der Waals surface area contributed by atoms with Crippen LogP contribution < -0.4 is 10.2 Å². The molecule has 1 N–H and O–H groups in total. The average molecular weight is 299 g/mol. The second-order valence-corrected chi connectivity index (χ2v) is 6.30. The van der Waals surface area contributed by atoms with Crippen LogP contribution in [0, 0.1) is 0 Å². The molecule has 2 atom stereocenters. The normalized spacial score (nSPS) is 23.3. The van der Waals surface area contributed by atoms with E-state index >= 15 is 0 Å². The van der Waals surface area contributed by atoms with Crippen molar-refractivity contribution in [1.82, 2.24) is 10.3 Å². The zero-order valence-corrected chi connectivity index (χ0v) is 13.6. The Hall–Kier alpha value is -0.690. The molecule has 1 aromatic rings. The molecule has 1 saturated heterocycles. The number of hydrogen-bond acceptors (Lipinski definition) is 6. The Bertz CT molecular complexity index is 415. The predicted octanol–water partition coefficient (Wildman–Crippen LogP) is 2.01. The fraction of sp³-hybridized carbons (Fsp3) is 0.786. The van der Waals surface area contributed by atoms with Crippen LogP contribution in [0.3, 0.4) is 0 Å². The maximum Gasteiger partial charge on any atom is 0.186 e. The number of methoxy groups -OCH3 is 1. The second-order valence-electron chi connectivity index (χ2n) is 5.24. The Kier molecular flexibility index (Phi) is 5.77. The minimum atomic E-state index is 0.255. The van der Waals surface area contributed by atoms with Gasteiger partial charge < -0.3 is 19.7 Å². The molecule has 0 unspecified atom stereocenters. The minimum Gasteiger partial charge on any atom is -0.378 e. The fourth-order valence-corrected chi connectivity index (χ4v) is 3.52. The van der Waals surface area contributed by atoms with Crippen molar-refractivity contribution in [3.63, 3.8) is 0 Å². The predicted molar refractivity (Wildman–Crippen MR) is 82.4 cm³/mol. The molecule has 5 nitrogen and oxygen atoms in total. The molecule has 1 aromatic heterocycles. The lowest BCUT2D eigenvalue weighted by Gasteiger charge is -2.35. The van der Waals surface area contributed by atoms with E-state index in [9.17, 15) is 0 Å². The van der Waals surface area contributed by atoms with Gasteiger partial charge >= 0.3 is 0 Å². The Morgan fingerprint density at radius 2 is 2.10 bits per heavy atom. The highest BCUT2D eigenvalue weighted by Gasteiger charge is 2.25. The third kappa shape index (κ3) is 3.91. The van der Waals surface area contributed by atoms with Gasteiger partial charge in [-0.2, -0.15) is 0 Å². The molecule has 0 radical (unpaired) electrons. The van der Waals surface area contributed by atoms with Gasteiger partial charge in [0.25, 0.3) is 0 Å². The van der Waals surface area contributed by atoms with Gasteiger partial charge in [0.1, 0.15) is 0 Å². The van der Waals surface area contributed by atoms with E-state index in [1.165, 1.54) is 4.88 Å². The number of rotatable bonds is 6. The number of nitrogens with one attached hydrogen (secondary N) is 1. The van der Waals surface area contributed by atoms with Crippen molar-refractivity contribution in [3.05, 3.63) is 10.6 Å². The van der Waals surface area contributed by atoms with Crippen molar-refractivity contribution in [3.8, 4) is 0 Å². The van der Waals surface area contributed by atoms with E-state index in [0.717, 1.165) is 37.0 Å². The minimum absolute atomic E-state index is 0.255. The molecule has 2 rings (SSSR count). The van der Waals surface area contributed by atoms with Crippen molar-refractivity contribution in [2.75, 3.05) is 31.6 Å². The molecule has 1 fully saturated rings. The molecule has 0 amide bonds. The molecule has 0 spiro atoms. The summed E-state index contributed by atoms with van der Waals surface area (Å²) >= 11 is 1.77. The maximum atomic E-state index is 5.79. The summed E-state index contributed by atoms with van der Waals surface area (Å²) in [6, 6.07) is 0. The first-order chi connectivity index (χ1) is 9.63. The van der Waals surface area contributed by atoms with Gasteiger partial charge in [-0.3, -0.25) is 0 Å². The summed E-state index contributed by atoms with van der Waals surface area (Å²) in [5.41, 5.74) is 1.06. The highest BCUT2D eigenvalue weighted by Crippen LogP contribution is 2.29. The van der Waals surface area contributed by atoms with Crippen molar-refractivity contribution in [2.45, 2.75) is 46.1 Å². The van der Waals surface area contributed by atoms with E-state index in [4.69, 9.17) is 14.5 Å². The summed E-state index contributed by atoms with van der Waals surface area (Å²) in [5, 5.41) is 4.46. The number of aromatic nitrogens is 1. The van der Waals surface area contributed by atoms with Gasteiger partial charge in [-0.15, -0.1) is 11.3 Å². The van der Waals surface area contributed by atoms with Crippen LogP contribution in [0.4, 0.5) is 5.13 Å². The quantitative estimate of drug-likeness (QED) is 0.871. The second kappa shape index (κ2) is 7.36. The van der Waals surface area contributed by atoms with Crippen LogP contribution in [0.25, 0.3) is 0 Å². The zero-order valence-electron chi connectivity index (χ0n) is 12.8. The standard InChI is InChI=1S/C14H25N3O2S/c1-5-15-6-13-12(9-18-4)16-14(20-13)17-7-10(2)19-11(3)8-17/h10-11,15H,5-9H2,1-4H3/t10-,11+. The first kappa shape index (κ1) is 15.7. The fourth-order valence-electron chi connectivity index (χ4n) is 2.47. The van der Waals surface area contributed by atoms with Crippen LogP contribution in [0.15, 0.2) is 0 Å². The Labute approximate surface area is 125 Å². The summed E-state index contributed by atoms with van der Waals surface area (Å²) in [4.78, 5) is 8.37. The van der Waals surface area contributed by atoms with Crippen molar-refractivity contribution in [2.24, 2.45) is 0 Å². The monoisotopic (exact) mass is 299 g/mol. The number of ether oxygens (including phenoxy) is 2. The van der Waals surface area contributed by atoms with Crippen molar-refractivity contribution >= 4 is 16.5 Å². The first-order valence-corrected chi connectivity index (χ1v) is 8.04. The highest BCUT2D eigenvalue weighted by molar-refractivity contribution is 7.15. The Balaban J connectivity index is 2.14. The SMILES string of the molecule is CCNCc1sc(N2C[C@@H](C)O[C@@H](C)C2)nc1COC. The molecule has 1 aliphatic rings. The van der Waals surface area contributed by atoms with E-state index in [1.807, 2.05) is 0 Å². The molecular weight excluding hydrogens is 274 g/mol. The molecule has 0 saturated carbocycles. The molecule has 0 aliphatic carbocycles. The average Bonchev–Trinajstić information content (AvgIpc) is 2.79. The molecule has 20 heavy (non-hydrogen) atoms. The van der Waals surface area contributed by atoms with E-state index < -0.39 is 0 Å². The lowest BCUT2D eigenvalue weighted by molar-refractivity contribution is -0.00524. The van der Waals surface area contributed by atoms with Gasteiger partial charge in [0.15, 0.2) is 5.13 Å². The molecule has 1 aliphatic heterocycles. The number of thiazole rings is 1. The van der Waals surface area contributed by atoms with Gasteiger partial charge in [-0.1, -0.05) is 6.92 Å². The Morgan fingerprint density at radius 1 is 1.40 bits per heavy atom. The summed E-state index contributed by atoms with van der Waals surface area (Å²) < 4.78 is 11.1. The first-order valence-electron chi connectivity index (χ1n) is 7.22. The van der Waals surface area contributed by atoms with Gasteiger partial charge in [0, 0.05) is 31.6 Å². The summed E-state index contributed by atoms with van der Waals surface area (Å²) in [7, 11) is 1.72. The highest BCUT2D eigenvalue weighted by atomic mass is 32.1. The van der Waals surface area contributed by atoms with Crippen LogP contribution in [0.1, 0.15) is 31.3 Å². The maximum absolute atomic E-state index is 5.79. The number of hydrogen-bond donors (Lipinski definition) is 1. The molecule has 0 bridgehead atoms. The molecule has 114 valence electrons. The van der Waals surface area contributed by atoms with Gasteiger partial charge in [-0.25, -0.2) is 4.98 Å². The summed E-state index contributed by atoms with van der Waals surface area (Å²) in [6.07, 6.45) is 0.511. The largest absolute Gasteiger partial charge is 0.378 e. The van der Waals surface area contributed by atoms with E-state index in [2.05, 4.69) is 31.0 Å². The topological polar surface area (TPSA) is 46.6 Å². The number of morpholine rings is 1. The van der Waals surface area contributed by atoms with E-state index in [0.29, 0.717) is 6.61 Å². The van der Waals surface area contributed by atoms with Crippen LogP contribution in [0.2, 0.25) is 0 Å². The van der Waals surface area contributed by atoms with E-state index in [-0.39, 0.29) is 12.2 Å². The van der Waals surface area contributed by atoms with Gasteiger partial charge in [-0.05, 0) is 20.4 Å². The smallest absolute Gasteiger partial charge is 0.186 e. The molecule has 2 heterocycles. The molecular formula is C14H25N3O2S. The Morgan fingerprint density at radius 3 is 2.70 bits per heavy atom. The van der Waals surface area contributed by atoms with Crippen LogP contribution in [-0.4, -0.2) is 43.9 Å². The number of anilines is 1. The zero-order chi connectivity index (χ0) is 14.5. The van der Waals surface area contributed by atoms with Gasteiger partial charge in [0.2, 0.25) is 0 Å². The summed E-state index contributed by atoms with van der Waals surface area (Å²) in [5.74, 6) is 0. The third-order valence-electron chi connectivity index (χ3n) is 3.27. The lowest BCUT2D eigenvalue weighted by atomic mass is 10.2. The van der Waals surface area contributed by atoms with Gasteiger partial charge in [0.05, 0.1) is 24.5 Å². The van der Waals surface area contributed by atoms with E-state index in [1.54, 1.807) is 18.4 Å². The van der Waals surface area contributed by atoms with Crippen LogP contribution in [-0.2, 0) is 22.6 Å². The summed E-state index contributed by atoms with van der Waals surface area (Å²) in [6.45, 7) is 10.6. The number of nitrogens with zero attached hydrogens (tertiary/aromatic N) is 2.